The fourth-order valence-corrected chi connectivity index (χ4v) is 5.42. The number of urea groups is 1. The van der Waals surface area contributed by atoms with E-state index in [0.717, 1.165) is 55.8 Å². The van der Waals surface area contributed by atoms with Crippen LogP contribution in [-0.2, 0) is 17.8 Å². The molecule has 27 heavy (non-hydrogen) atoms. The molecule has 2 heterocycles. The molecule has 2 saturated carbocycles. The van der Waals surface area contributed by atoms with Crippen molar-refractivity contribution in [3.63, 3.8) is 0 Å². The molecule has 1 aliphatic heterocycles. The Morgan fingerprint density at radius 2 is 1.70 bits per heavy atom. The van der Waals surface area contributed by atoms with Gasteiger partial charge in [0.15, 0.2) is 5.13 Å². The third-order valence-corrected chi connectivity index (χ3v) is 6.81. The first kappa shape index (κ1) is 18.7. The second-order valence-corrected chi connectivity index (χ2v) is 9.06. The fraction of sp³-hybridized carbons (Fsp3) is 0.737. The molecule has 1 aromatic rings. The molecule has 0 spiro atoms. The lowest BCUT2D eigenvalue weighted by atomic mass is 10.2. The number of aromatic nitrogens is 1. The van der Waals surface area contributed by atoms with Crippen LogP contribution in [0, 0.1) is 0 Å². The molecule has 0 aromatic carbocycles. The molecule has 3 amide bonds. The molecular weight excluding hydrogens is 362 g/mol. The summed E-state index contributed by atoms with van der Waals surface area (Å²) in [6, 6.07) is 0.518. The summed E-state index contributed by atoms with van der Waals surface area (Å²) in [7, 11) is 0. The van der Waals surface area contributed by atoms with Gasteiger partial charge in [0.1, 0.15) is 0 Å². The SMILES string of the molecule is O=C(CN1CCc2nc(NC(=O)NC3CCCC3)sc2C1)NC1CCCC1. The number of hydrogen-bond acceptors (Lipinski definition) is 5. The zero-order chi connectivity index (χ0) is 18.6. The van der Waals surface area contributed by atoms with E-state index in [-0.39, 0.29) is 11.9 Å². The Balaban J connectivity index is 1.26. The predicted octanol–water partition coefficient (Wildman–Crippen LogP) is 2.62. The summed E-state index contributed by atoms with van der Waals surface area (Å²) < 4.78 is 0. The minimum absolute atomic E-state index is 0.129. The van der Waals surface area contributed by atoms with E-state index in [1.165, 1.54) is 37.0 Å². The zero-order valence-electron chi connectivity index (χ0n) is 15.8. The van der Waals surface area contributed by atoms with Gasteiger partial charge in [-0.25, -0.2) is 9.78 Å². The standard InChI is InChI=1S/C19H29N5O2S/c25-17(20-13-5-1-2-6-13)12-24-10-9-15-16(11-24)27-19(22-15)23-18(26)21-14-7-3-4-8-14/h13-14H,1-12H2,(H,20,25)(H2,21,22,23,26). The molecule has 3 aliphatic rings. The van der Waals surface area contributed by atoms with Crippen molar-refractivity contribution in [2.24, 2.45) is 0 Å². The van der Waals surface area contributed by atoms with Gasteiger partial charge >= 0.3 is 6.03 Å². The topological polar surface area (TPSA) is 86.4 Å². The average Bonchev–Trinajstić information content (AvgIpc) is 3.36. The van der Waals surface area contributed by atoms with E-state index in [1.54, 1.807) is 0 Å². The number of fused-ring (bicyclic) bond motifs is 1. The monoisotopic (exact) mass is 391 g/mol. The quantitative estimate of drug-likeness (QED) is 0.720. The van der Waals surface area contributed by atoms with Crippen molar-refractivity contribution in [3.8, 4) is 0 Å². The molecule has 148 valence electrons. The van der Waals surface area contributed by atoms with E-state index in [1.807, 2.05) is 0 Å². The van der Waals surface area contributed by atoms with Gasteiger partial charge in [0.25, 0.3) is 0 Å². The maximum absolute atomic E-state index is 12.3. The number of nitrogens with one attached hydrogen (secondary N) is 3. The summed E-state index contributed by atoms with van der Waals surface area (Å²) in [6.07, 6.45) is 10.0. The normalized spacial score (nSPS) is 21.2. The van der Waals surface area contributed by atoms with Crippen molar-refractivity contribution in [2.45, 2.75) is 76.4 Å². The fourth-order valence-electron chi connectivity index (χ4n) is 4.37. The van der Waals surface area contributed by atoms with E-state index in [9.17, 15) is 9.59 Å². The van der Waals surface area contributed by atoms with Gasteiger partial charge in [-0.15, -0.1) is 11.3 Å². The van der Waals surface area contributed by atoms with Crippen LogP contribution in [0.4, 0.5) is 9.93 Å². The third-order valence-electron chi connectivity index (χ3n) is 5.81. The van der Waals surface area contributed by atoms with E-state index in [0.29, 0.717) is 23.8 Å². The van der Waals surface area contributed by atoms with Crippen LogP contribution in [0.1, 0.15) is 61.9 Å². The average molecular weight is 392 g/mol. The molecule has 7 nitrogen and oxygen atoms in total. The van der Waals surface area contributed by atoms with Gasteiger partial charge in [0, 0.05) is 36.5 Å². The van der Waals surface area contributed by atoms with Gasteiger partial charge in [-0.2, -0.15) is 0 Å². The number of anilines is 1. The Bertz CT molecular complexity index is 680. The van der Waals surface area contributed by atoms with E-state index >= 15 is 0 Å². The predicted molar refractivity (Wildman–Crippen MR) is 106 cm³/mol. The van der Waals surface area contributed by atoms with Crippen LogP contribution in [-0.4, -0.2) is 47.0 Å². The van der Waals surface area contributed by atoms with Crippen LogP contribution in [0.15, 0.2) is 0 Å². The van der Waals surface area contributed by atoms with Gasteiger partial charge in [0.05, 0.1) is 12.2 Å². The van der Waals surface area contributed by atoms with E-state index in [2.05, 4.69) is 25.8 Å². The largest absolute Gasteiger partial charge is 0.352 e. The third kappa shape index (κ3) is 4.99. The van der Waals surface area contributed by atoms with Crippen LogP contribution >= 0.6 is 11.3 Å². The highest BCUT2D eigenvalue weighted by atomic mass is 32.1. The second-order valence-electron chi connectivity index (χ2n) is 7.98. The lowest BCUT2D eigenvalue weighted by Gasteiger charge is -2.25. The smallest absolute Gasteiger partial charge is 0.321 e. The molecular formula is C19H29N5O2S. The van der Waals surface area contributed by atoms with Crippen molar-refractivity contribution < 1.29 is 9.59 Å². The van der Waals surface area contributed by atoms with Crippen molar-refractivity contribution >= 4 is 28.4 Å². The summed E-state index contributed by atoms with van der Waals surface area (Å²) in [4.78, 5) is 32.3. The number of carbonyl (C=O) groups is 2. The van der Waals surface area contributed by atoms with Crippen LogP contribution < -0.4 is 16.0 Å². The Kier molecular flexibility index (Phi) is 5.92. The number of hydrogen-bond donors (Lipinski definition) is 3. The first-order valence-electron chi connectivity index (χ1n) is 10.2. The van der Waals surface area contributed by atoms with Crippen LogP contribution in [0.3, 0.4) is 0 Å². The first-order valence-corrected chi connectivity index (χ1v) is 11.0. The van der Waals surface area contributed by atoms with Gasteiger partial charge in [-0.05, 0) is 25.7 Å². The molecule has 0 atom stereocenters. The summed E-state index contributed by atoms with van der Waals surface area (Å²) in [6.45, 7) is 2.01. The number of amides is 3. The Hall–Kier alpha value is -1.67. The minimum atomic E-state index is -0.152. The molecule has 0 saturated heterocycles. The van der Waals surface area contributed by atoms with Gasteiger partial charge in [-0.1, -0.05) is 25.7 Å². The molecule has 0 bridgehead atoms. The summed E-state index contributed by atoms with van der Waals surface area (Å²) in [5, 5.41) is 9.74. The Morgan fingerprint density at radius 3 is 2.41 bits per heavy atom. The Labute approximate surface area is 164 Å². The van der Waals surface area contributed by atoms with Crippen LogP contribution in [0.25, 0.3) is 0 Å². The maximum Gasteiger partial charge on any atom is 0.321 e. The number of carbonyl (C=O) groups excluding carboxylic acids is 2. The molecule has 2 aliphatic carbocycles. The number of thiazole rings is 1. The molecule has 0 unspecified atom stereocenters. The lowest BCUT2D eigenvalue weighted by Crippen LogP contribution is -2.42. The lowest BCUT2D eigenvalue weighted by molar-refractivity contribution is -0.123. The molecule has 4 rings (SSSR count). The van der Waals surface area contributed by atoms with Crippen LogP contribution in [0.5, 0.6) is 0 Å². The Morgan fingerprint density at radius 1 is 1.04 bits per heavy atom. The van der Waals surface area contributed by atoms with Gasteiger partial charge < -0.3 is 10.6 Å². The number of rotatable bonds is 5. The number of nitrogens with zero attached hydrogens (tertiary/aromatic N) is 2. The molecule has 1 aromatic heterocycles. The summed E-state index contributed by atoms with van der Waals surface area (Å²) in [5.74, 6) is 0.129. The molecule has 3 N–H and O–H groups in total. The highest BCUT2D eigenvalue weighted by Crippen LogP contribution is 2.28. The molecule has 8 heteroatoms. The molecule has 2 fully saturated rings. The molecule has 0 radical (unpaired) electrons. The zero-order valence-corrected chi connectivity index (χ0v) is 16.6. The van der Waals surface area contributed by atoms with Crippen molar-refractivity contribution in [1.29, 1.82) is 0 Å². The maximum atomic E-state index is 12.3. The summed E-state index contributed by atoms with van der Waals surface area (Å²) >= 11 is 1.53. The van der Waals surface area contributed by atoms with Crippen molar-refractivity contribution in [3.05, 3.63) is 10.6 Å². The minimum Gasteiger partial charge on any atom is -0.352 e. The van der Waals surface area contributed by atoms with Gasteiger partial charge in [0.2, 0.25) is 5.91 Å². The van der Waals surface area contributed by atoms with Crippen molar-refractivity contribution in [2.75, 3.05) is 18.4 Å². The van der Waals surface area contributed by atoms with E-state index < -0.39 is 0 Å². The van der Waals surface area contributed by atoms with Gasteiger partial charge in [-0.3, -0.25) is 15.0 Å². The first-order chi connectivity index (χ1) is 13.2. The van der Waals surface area contributed by atoms with Crippen molar-refractivity contribution in [1.82, 2.24) is 20.5 Å². The highest BCUT2D eigenvalue weighted by Gasteiger charge is 2.25. The van der Waals surface area contributed by atoms with E-state index in [4.69, 9.17) is 0 Å². The van der Waals surface area contributed by atoms with Crippen LogP contribution in [0.2, 0.25) is 0 Å². The second kappa shape index (κ2) is 8.56. The summed E-state index contributed by atoms with van der Waals surface area (Å²) in [5.41, 5.74) is 1.06. The highest BCUT2D eigenvalue weighted by molar-refractivity contribution is 7.15.